The number of aliphatic hydroxyl groups is 1. The number of nitrogens with one attached hydrogen (secondary N) is 1. The maximum absolute atomic E-state index is 9.41. The lowest BCUT2D eigenvalue weighted by atomic mass is 9.92. The minimum absolute atomic E-state index is 0.0212. The van der Waals surface area contributed by atoms with Gasteiger partial charge in [0.15, 0.2) is 0 Å². The van der Waals surface area contributed by atoms with Gasteiger partial charge >= 0.3 is 0 Å². The van der Waals surface area contributed by atoms with E-state index in [1.807, 2.05) is 12.3 Å². The lowest BCUT2D eigenvalue weighted by Gasteiger charge is -2.26. The molecule has 4 heterocycles. The summed E-state index contributed by atoms with van der Waals surface area (Å²) in [7, 11) is 0. The molecule has 5 nitrogen and oxygen atoms in total. The molecule has 0 aliphatic carbocycles. The van der Waals surface area contributed by atoms with Gasteiger partial charge in [-0.15, -0.1) is 0 Å². The summed E-state index contributed by atoms with van der Waals surface area (Å²) in [5.74, 6) is 0.177. The van der Waals surface area contributed by atoms with Gasteiger partial charge in [-0.25, -0.2) is 0 Å². The average Bonchev–Trinajstić information content (AvgIpc) is 3.12. The highest BCUT2D eigenvalue weighted by Crippen LogP contribution is 2.40. The number of piperidine rings is 1. The minimum Gasteiger partial charge on any atom is -0.390 e. The molecule has 0 spiro atoms. The fourth-order valence-electron chi connectivity index (χ4n) is 4.48. The van der Waals surface area contributed by atoms with Crippen molar-refractivity contribution < 1.29 is 5.11 Å². The molecule has 2 N–H and O–H groups in total. The number of hydrogen-bond acceptors (Lipinski definition) is 5. The van der Waals surface area contributed by atoms with Gasteiger partial charge in [0.1, 0.15) is 6.17 Å². The molecule has 3 aliphatic rings. The van der Waals surface area contributed by atoms with E-state index < -0.39 is 0 Å². The number of dihydropyridines is 1. The highest BCUT2D eigenvalue weighted by atomic mass is 16.3. The number of pyridine rings is 1. The summed E-state index contributed by atoms with van der Waals surface area (Å²) in [4.78, 5) is 11.6. The highest BCUT2D eigenvalue weighted by molar-refractivity contribution is 6.11. The van der Waals surface area contributed by atoms with Crippen molar-refractivity contribution >= 4 is 17.5 Å². The number of aliphatic hydroxyl groups excluding tert-OH is 1. The number of nitrogens with zero attached hydrogens (tertiary/aromatic N) is 3. The SMILES string of the molecule is OCc1cc2c(cn1)NC1N=CC(c3ccc(CN4CCCCC4)cc3)=CC21. The zero-order valence-corrected chi connectivity index (χ0v) is 16.0. The first-order valence-corrected chi connectivity index (χ1v) is 10.2. The van der Waals surface area contributed by atoms with Gasteiger partial charge in [-0.3, -0.25) is 14.9 Å². The minimum atomic E-state index is -0.0387. The first kappa shape index (κ1) is 17.6. The number of fused-ring (bicyclic) bond motifs is 3. The summed E-state index contributed by atoms with van der Waals surface area (Å²) < 4.78 is 0. The third kappa shape index (κ3) is 3.36. The lowest BCUT2D eigenvalue weighted by molar-refractivity contribution is 0.221. The molecule has 5 heteroatoms. The predicted molar refractivity (Wildman–Crippen MR) is 112 cm³/mol. The van der Waals surface area contributed by atoms with Crippen LogP contribution in [0.1, 0.15) is 47.6 Å². The quantitative estimate of drug-likeness (QED) is 0.859. The summed E-state index contributed by atoms with van der Waals surface area (Å²) in [6.07, 6.45) is 10.1. The molecule has 0 radical (unpaired) electrons. The van der Waals surface area contributed by atoms with Crippen LogP contribution >= 0.6 is 0 Å². The van der Waals surface area contributed by atoms with Crippen LogP contribution in [0.4, 0.5) is 5.69 Å². The molecule has 3 aliphatic heterocycles. The molecule has 0 bridgehead atoms. The van der Waals surface area contributed by atoms with Gasteiger partial charge in [-0.2, -0.15) is 0 Å². The molecule has 1 aromatic carbocycles. The van der Waals surface area contributed by atoms with E-state index in [1.54, 1.807) is 6.20 Å². The molecule has 1 saturated heterocycles. The second kappa shape index (κ2) is 7.49. The van der Waals surface area contributed by atoms with Crippen molar-refractivity contribution in [1.29, 1.82) is 0 Å². The fourth-order valence-corrected chi connectivity index (χ4v) is 4.48. The van der Waals surface area contributed by atoms with Crippen LogP contribution in [0.3, 0.4) is 0 Å². The normalized spacial score (nSPS) is 23.7. The molecule has 2 unspecified atom stereocenters. The summed E-state index contributed by atoms with van der Waals surface area (Å²) in [6.45, 7) is 3.45. The topological polar surface area (TPSA) is 60.8 Å². The molecule has 5 rings (SSSR count). The number of allylic oxidation sites excluding steroid dienone is 1. The third-order valence-electron chi connectivity index (χ3n) is 6.03. The molecule has 28 heavy (non-hydrogen) atoms. The van der Waals surface area contributed by atoms with Crippen LogP contribution in [0.5, 0.6) is 0 Å². The molecule has 0 amide bonds. The molecule has 1 aromatic heterocycles. The van der Waals surface area contributed by atoms with Crippen molar-refractivity contribution in [2.24, 2.45) is 4.99 Å². The third-order valence-corrected chi connectivity index (χ3v) is 6.03. The van der Waals surface area contributed by atoms with E-state index >= 15 is 0 Å². The molecule has 144 valence electrons. The van der Waals surface area contributed by atoms with Crippen molar-refractivity contribution in [1.82, 2.24) is 9.88 Å². The number of anilines is 1. The zero-order chi connectivity index (χ0) is 18.9. The van der Waals surface area contributed by atoms with Crippen LogP contribution in [0, 0.1) is 0 Å². The Balaban J connectivity index is 1.35. The molecular weight excluding hydrogens is 348 g/mol. The monoisotopic (exact) mass is 374 g/mol. The van der Waals surface area contributed by atoms with Crippen molar-refractivity contribution in [3.05, 3.63) is 65.0 Å². The van der Waals surface area contributed by atoms with Gasteiger partial charge in [-0.1, -0.05) is 36.8 Å². The van der Waals surface area contributed by atoms with Crippen LogP contribution in [0.2, 0.25) is 0 Å². The molecule has 0 saturated carbocycles. The first-order valence-electron chi connectivity index (χ1n) is 10.2. The molecule has 2 aromatic rings. The summed E-state index contributed by atoms with van der Waals surface area (Å²) in [5, 5.41) is 12.8. The van der Waals surface area contributed by atoms with Crippen molar-refractivity contribution in [2.45, 2.75) is 44.5 Å². The van der Waals surface area contributed by atoms with Crippen molar-refractivity contribution in [3.8, 4) is 0 Å². The van der Waals surface area contributed by atoms with Crippen LogP contribution < -0.4 is 5.32 Å². The van der Waals surface area contributed by atoms with E-state index in [4.69, 9.17) is 4.99 Å². The van der Waals surface area contributed by atoms with E-state index in [0.29, 0.717) is 5.69 Å². The van der Waals surface area contributed by atoms with E-state index in [0.717, 1.165) is 17.8 Å². The van der Waals surface area contributed by atoms with Crippen LogP contribution in [0.25, 0.3) is 5.57 Å². The number of likely N-dealkylation sites (tertiary alicyclic amines) is 1. The van der Waals surface area contributed by atoms with Crippen LogP contribution in [-0.4, -0.2) is 40.5 Å². The fraction of sp³-hybridized carbons (Fsp3) is 0.391. The number of hydrogen-bond donors (Lipinski definition) is 2. The van der Waals surface area contributed by atoms with Crippen LogP contribution in [-0.2, 0) is 13.2 Å². The Kier molecular flexibility index (Phi) is 4.71. The van der Waals surface area contributed by atoms with Crippen LogP contribution in [0.15, 0.2) is 47.6 Å². The van der Waals surface area contributed by atoms with E-state index in [9.17, 15) is 5.11 Å². The summed E-state index contributed by atoms with van der Waals surface area (Å²) >= 11 is 0. The van der Waals surface area contributed by atoms with E-state index in [-0.39, 0.29) is 18.7 Å². The Bertz CT molecular complexity index is 913. The Morgan fingerprint density at radius 2 is 1.93 bits per heavy atom. The zero-order valence-electron chi connectivity index (χ0n) is 16.0. The van der Waals surface area contributed by atoms with Gasteiger partial charge < -0.3 is 10.4 Å². The Labute approximate surface area is 165 Å². The second-order valence-corrected chi connectivity index (χ2v) is 7.97. The molecule has 2 atom stereocenters. The van der Waals surface area contributed by atoms with Gasteiger partial charge in [0.25, 0.3) is 0 Å². The van der Waals surface area contributed by atoms with E-state index in [2.05, 4.69) is 45.5 Å². The number of benzene rings is 1. The Morgan fingerprint density at radius 1 is 1.11 bits per heavy atom. The van der Waals surface area contributed by atoms with Gasteiger partial charge in [-0.05, 0) is 54.3 Å². The van der Waals surface area contributed by atoms with Gasteiger partial charge in [0.2, 0.25) is 0 Å². The average molecular weight is 374 g/mol. The maximum Gasteiger partial charge on any atom is 0.129 e. The smallest absolute Gasteiger partial charge is 0.129 e. The first-order chi connectivity index (χ1) is 13.8. The largest absolute Gasteiger partial charge is 0.390 e. The number of aliphatic imine (C=N–C) groups is 1. The molecule has 1 fully saturated rings. The van der Waals surface area contributed by atoms with Gasteiger partial charge in [0, 0.05) is 18.7 Å². The number of aromatic nitrogens is 1. The van der Waals surface area contributed by atoms with Gasteiger partial charge in [0.05, 0.1) is 24.2 Å². The Hall–Kier alpha value is -2.50. The number of rotatable bonds is 4. The summed E-state index contributed by atoms with van der Waals surface area (Å²) in [5.41, 5.74) is 6.62. The maximum atomic E-state index is 9.41. The standard InChI is InChI=1S/C23H26N4O/c28-15-19-11-20-21-10-18(12-25-23(21)26-22(20)13-24-19)17-6-4-16(5-7-17)14-27-8-2-1-3-9-27/h4-7,10-13,21,23,26,28H,1-3,8-9,14-15H2. The van der Waals surface area contributed by atoms with E-state index in [1.165, 1.54) is 49.0 Å². The lowest BCUT2D eigenvalue weighted by Crippen LogP contribution is -2.29. The Morgan fingerprint density at radius 3 is 2.71 bits per heavy atom. The predicted octanol–water partition coefficient (Wildman–Crippen LogP) is 3.56. The highest BCUT2D eigenvalue weighted by Gasteiger charge is 2.32. The molecular formula is C23H26N4O. The van der Waals surface area contributed by atoms with Crippen molar-refractivity contribution in [2.75, 3.05) is 18.4 Å². The second-order valence-electron chi connectivity index (χ2n) is 7.97. The summed E-state index contributed by atoms with van der Waals surface area (Å²) in [6, 6.07) is 10.9. The van der Waals surface area contributed by atoms with Crippen molar-refractivity contribution in [3.63, 3.8) is 0 Å².